The van der Waals surface area contributed by atoms with Crippen LogP contribution in [-0.2, 0) is 6.54 Å². The minimum Gasteiger partial charge on any atom is -0.488 e. The molecular weight excluding hydrogens is 230 g/mol. The molecule has 1 aromatic heterocycles. The molecule has 0 saturated heterocycles. The molecule has 0 bridgehead atoms. The van der Waals surface area contributed by atoms with Crippen molar-refractivity contribution in [3.05, 3.63) is 15.8 Å². The summed E-state index contributed by atoms with van der Waals surface area (Å²) in [4.78, 5) is 1.39. The lowest BCUT2D eigenvalue weighted by atomic mass is 10.2. The second-order valence-electron chi connectivity index (χ2n) is 4.28. The van der Waals surface area contributed by atoms with Crippen molar-refractivity contribution in [3.8, 4) is 5.75 Å². The molecule has 2 heterocycles. The molecule has 84 valence electrons. The second kappa shape index (κ2) is 4.32. The highest BCUT2D eigenvalue weighted by Crippen LogP contribution is 2.48. The second-order valence-corrected chi connectivity index (χ2v) is 5.24. The van der Waals surface area contributed by atoms with Crippen molar-refractivity contribution in [2.45, 2.75) is 38.3 Å². The van der Waals surface area contributed by atoms with Gasteiger partial charge < -0.3 is 10.1 Å². The molecule has 0 aromatic carbocycles. The van der Waals surface area contributed by atoms with Gasteiger partial charge in [-0.25, -0.2) is 0 Å². The summed E-state index contributed by atoms with van der Waals surface area (Å²) >= 11 is 1.85. The van der Waals surface area contributed by atoms with Gasteiger partial charge in [-0.05, 0) is 31.1 Å². The Labute approximate surface area is 100 Å². The van der Waals surface area contributed by atoms with E-state index in [1.807, 2.05) is 11.3 Å². The lowest BCUT2D eigenvalue weighted by molar-refractivity contribution is 0.225. The molecule has 1 atom stereocenters. The van der Waals surface area contributed by atoms with Gasteiger partial charge in [0.2, 0.25) is 0 Å². The quantitative estimate of drug-likeness (QED) is 0.822. The topological polar surface area (TPSA) is 21.3 Å². The van der Waals surface area contributed by atoms with Gasteiger partial charge in [-0.1, -0.05) is 0 Å². The summed E-state index contributed by atoms with van der Waals surface area (Å²) in [6, 6.07) is 0. The zero-order chi connectivity index (χ0) is 9.54. The SMILES string of the molecule is CC1CNCc2scc(C3CC3)c2O1.Cl. The van der Waals surface area contributed by atoms with E-state index < -0.39 is 0 Å². The highest BCUT2D eigenvalue weighted by molar-refractivity contribution is 7.10. The maximum atomic E-state index is 5.98. The summed E-state index contributed by atoms with van der Waals surface area (Å²) in [5.41, 5.74) is 1.47. The fourth-order valence-corrected chi connectivity index (χ4v) is 2.99. The summed E-state index contributed by atoms with van der Waals surface area (Å²) in [6.45, 7) is 4.08. The molecule has 4 heteroatoms. The first-order valence-electron chi connectivity index (χ1n) is 5.32. The van der Waals surface area contributed by atoms with Crippen molar-refractivity contribution >= 4 is 23.7 Å². The number of thiophene rings is 1. The Kier molecular flexibility index (Phi) is 3.24. The summed E-state index contributed by atoms with van der Waals surface area (Å²) in [5, 5.41) is 5.70. The molecule has 1 fully saturated rings. The van der Waals surface area contributed by atoms with Crippen molar-refractivity contribution in [1.82, 2.24) is 5.32 Å². The van der Waals surface area contributed by atoms with Crippen molar-refractivity contribution < 1.29 is 4.74 Å². The maximum absolute atomic E-state index is 5.98. The third kappa shape index (κ3) is 2.14. The largest absolute Gasteiger partial charge is 0.488 e. The van der Waals surface area contributed by atoms with E-state index in [1.54, 1.807) is 0 Å². The number of hydrogen-bond acceptors (Lipinski definition) is 3. The summed E-state index contributed by atoms with van der Waals surface area (Å²) in [7, 11) is 0. The number of hydrogen-bond donors (Lipinski definition) is 1. The number of halogens is 1. The Hall–Kier alpha value is -0.250. The molecule has 0 amide bonds. The van der Waals surface area contributed by atoms with Gasteiger partial charge in [0, 0.05) is 18.7 Å². The van der Waals surface area contributed by atoms with Crippen molar-refractivity contribution in [2.24, 2.45) is 0 Å². The van der Waals surface area contributed by atoms with E-state index in [4.69, 9.17) is 4.74 Å². The lowest BCUT2D eigenvalue weighted by Crippen LogP contribution is -2.25. The third-order valence-electron chi connectivity index (χ3n) is 2.90. The fourth-order valence-electron chi connectivity index (χ4n) is 1.97. The molecule has 0 spiro atoms. The van der Waals surface area contributed by atoms with E-state index in [2.05, 4.69) is 17.6 Å². The van der Waals surface area contributed by atoms with E-state index in [0.717, 1.165) is 19.0 Å². The van der Waals surface area contributed by atoms with Gasteiger partial charge in [0.15, 0.2) is 0 Å². The zero-order valence-electron chi connectivity index (χ0n) is 8.79. The van der Waals surface area contributed by atoms with Gasteiger partial charge in [0.05, 0.1) is 4.88 Å². The van der Waals surface area contributed by atoms with Crippen LogP contribution in [0.5, 0.6) is 5.75 Å². The highest BCUT2D eigenvalue weighted by Gasteiger charge is 2.30. The lowest BCUT2D eigenvalue weighted by Gasteiger charge is -2.12. The molecule has 15 heavy (non-hydrogen) atoms. The molecule has 2 aliphatic rings. The van der Waals surface area contributed by atoms with E-state index >= 15 is 0 Å². The van der Waals surface area contributed by atoms with Gasteiger partial charge in [-0.15, -0.1) is 23.7 Å². The Balaban J connectivity index is 0.000000853. The van der Waals surface area contributed by atoms with Crippen LogP contribution in [0.15, 0.2) is 5.38 Å². The number of nitrogens with one attached hydrogen (secondary N) is 1. The first-order chi connectivity index (χ1) is 6.84. The average Bonchev–Trinajstić information content (AvgIpc) is 2.95. The van der Waals surface area contributed by atoms with Gasteiger partial charge >= 0.3 is 0 Å². The highest BCUT2D eigenvalue weighted by atomic mass is 35.5. The Morgan fingerprint density at radius 3 is 3.00 bits per heavy atom. The molecule has 1 unspecified atom stereocenters. The molecule has 2 nitrogen and oxygen atoms in total. The molecule has 1 aliphatic carbocycles. The smallest absolute Gasteiger partial charge is 0.138 e. The normalized spacial score (nSPS) is 24.7. The van der Waals surface area contributed by atoms with Crippen molar-refractivity contribution in [3.63, 3.8) is 0 Å². The first-order valence-corrected chi connectivity index (χ1v) is 6.20. The van der Waals surface area contributed by atoms with E-state index in [-0.39, 0.29) is 12.4 Å². The van der Waals surface area contributed by atoms with E-state index in [1.165, 1.54) is 29.0 Å². The minimum absolute atomic E-state index is 0. The Morgan fingerprint density at radius 2 is 2.27 bits per heavy atom. The number of fused-ring (bicyclic) bond motifs is 1. The van der Waals surface area contributed by atoms with Gasteiger partial charge in [0.1, 0.15) is 11.9 Å². The molecule has 1 N–H and O–H groups in total. The average molecular weight is 246 g/mol. The Morgan fingerprint density at radius 1 is 1.47 bits per heavy atom. The van der Waals surface area contributed by atoms with Gasteiger partial charge in [-0.2, -0.15) is 0 Å². The van der Waals surface area contributed by atoms with Crippen LogP contribution in [0.3, 0.4) is 0 Å². The predicted octanol–water partition coefficient (Wildman–Crippen LogP) is 2.92. The van der Waals surface area contributed by atoms with Crippen LogP contribution in [0, 0.1) is 0 Å². The fraction of sp³-hybridized carbons (Fsp3) is 0.636. The van der Waals surface area contributed by atoms with E-state index in [9.17, 15) is 0 Å². The van der Waals surface area contributed by atoms with Crippen LogP contribution < -0.4 is 10.1 Å². The summed E-state index contributed by atoms with van der Waals surface area (Å²) < 4.78 is 5.98. The van der Waals surface area contributed by atoms with Gasteiger partial charge in [-0.3, -0.25) is 0 Å². The minimum atomic E-state index is 0. The monoisotopic (exact) mass is 245 g/mol. The zero-order valence-corrected chi connectivity index (χ0v) is 10.4. The standard InChI is InChI=1S/C11H15NOS.ClH/c1-7-4-12-5-10-11(13-7)9(6-14-10)8-2-3-8;/h6-8,12H,2-5H2,1H3;1H. The summed E-state index contributed by atoms with van der Waals surface area (Å²) in [6.07, 6.45) is 3.02. The Bertz CT molecular complexity index is 348. The van der Waals surface area contributed by atoms with Crippen molar-refractivity contribution in [1.29, 1.82) is 0 Å². The maximum Gasteiger partial charge on any atom is 0.138 e. The first kappa shape index (κ1) is 11.2. The molecule has 0 radical (unpaired) electrons. The van der Waals surface area contributed by atoms with Crippen LogP contribution in [-0.4, -0.2) is 12.6 Å². The molecule has 1 aliphatic heterocycles. The van der Waals surface area contributed by atoms with Crippen LogP contribution in [0.2, 0.25) is 0 Å². The van der Waals surface area contributed by atoms with Crippen molar-refractivity contribution in [2.75, 3.05) is 6.54 Å². The molecule has 1 aromatic rings. The number of ether oxygens (including phenoxy) is 1. The van der Waals surface area contributed by atoms with E-state index in [0.29, 0.717) is 6.10 Å². The third-order valence-corrected chi connectivity index (χ3v) is 3.88. The van der Waals surface area contributed by atoms with Crippen LogP contribution >= 0.6 is 23.7 Å². The summed E-state index contributed by atoms with van der Waals surface area (Å²) in [5.74, 6) is 2.01. The van der Waals surface area contributed by atoms with Crippen LogP contribution in [0.4, 0.5) is 0 Å². The van der Waals surface area contributed by atoms with Gasteiger partial charge in [0.25, 0.3) is 0 Å². The van der Waals surface area contributed by atoms with Crippen LogP contribution in [0.25, 0.3) is 0 Å². The molecule has 1 saturated carbocycles. The van der Waals surface area contributed by atoms with Crippen LogP contribution in [0.1, 0.15) is 36.1 Å². The predicted molar refractivity (Wildman–Crippen MR) is 65.3 cm³/mol. The molecular formula is C11H16ClNOS. The number of rotatable bonds is 1. The molecule has 3 rings (SSSR count).